The van der Waals surface area contributed by atoms with Crippen molar-refractivity contribution < 1.29 is 13.5 Å². The molecule has 7 heteroatoms. The summed E-state index contributed by atoms with van der Waals surface area (Å²) in [4.78, 5) is 4.52. The van der Waals surface area contributed by atoms with Crippen molar-refractivity contribution in [1.29, 1.82) is 0 Å². The molecule has 0 bridgehead atoms. The number of hydrogen-bond donors (Lipinski definition) is 1. The van der Waals surface area contributed by atoms with Crippen molar-refractivity contribution in [1.82, 2.24) is 4.98 Å². The van der Waals surface area contributed by atoms with Gasteiger partial charge in [0.1, 0.15) is 5.75 Å². The smallest absolute Gasteiger partial charge is 0.387 e. The zero-order chi connectivity index (χ0) is 18.5. The fourth-order valence-electron chi connectivity index (χ4n) is 2.50. The minimum absolute atomic E-state index is 0.0724. The van der Waals surface area contributed by atoms with E-state index in [1.807, 2.05) is 24.4 Å². The van der Waals surface area contributed by atoms with Gasteiger partial charge in [-0.15, -0.1) is 11.3 Å². The van der Waals surface area contributed by atoms with Crippen LogP contribution in [0.5, 0.6) is 5.75 Å². The maximum atomic E-state index is 12.4. The van der Waals surface area contributed by atoms with Crippen LogP contribution in [-0.2, 0) is 0 Å². The number of hydrazone groups is 1. The van der Waals surface area contributed by atoms with Crippen LogP contribution in [-0.4, -0.2) is 17.8 Å². The molecule has 0 radical (unpaired) electrons. The lowest BCUT2D eigenvalue weighted by molar-refractivity contribution is -0.0499. The van der Waals surface area contributed by atoms with Gasteiger partial charge in [0.15, 0.2) is 0 Å². The summed E-state index contributed by atoms with van der Waals surface area (Å²) in [5.41, 5.74) is 7.57. The number of hydrogen-bond acceptors (Lipinski definition) is 5. The molecule has 0 saturated heterocycles. The first-order valence-electron chi connectivity index (χ1n) is 7.89. The van der Waals surface area contributed by atoms with Crippen LogP contribution in [0.2, 0.25) is 0 Å². The van der Waals surface area contributed by atoms with E-state index in [9.17, 15) is 8.78 Å². The van der Waals surface area contributed by atoms with Crippen LogP contribution < -0.4 is 10.2 Å². The highest BCUT2D eigenvalue weighted by Crippen LogP contribution is 2.28. The van der Waals surface area contributed by atoms with E-state index in [4.69, 9.17) is 0 Å². The van der Waals surface area contributed by atoms with Gasteiger partial charge in [-0.1, -0.05) is 35.9 Å². The van der Waals surface area contributed by atoms with Gasteiger partial charge in [0.25, 0.3) is 0 Å². The summed E-state index contributed by atoms with van der Waals surface area (Å²) >= 11 is 1.42. The Labute approximate surface area is 154 Å². The molecule has 0 amide bonds. The molecule has 0 unspecified atom stereocenters. The van der Waals surface area contributed by atoms with Crippen molar-refractivity contribution in [2.75, 3.05) is 5.43 Å². The van der Waals surface area contributed by atoms with E-state index in [1.54, 1.807) is 18.2 Å². The van der Waals surface area contributed by atoms with Gasteiger partial charge in [0.05, 0.1) is 11.9 Å². The predicted octanol–water partition coefficient (Wildman–Crippen LogP) is 5.47. The number of alkyl halides is 2. The number of rotatable bonds is 6. The second-order valence-corrected chi connectivity index (χ2v) is 6.50. The standard InChI is InChI=1S/C19H17F2N3OS/c1-12-7-8-15(13(2)9-12)16-11-26-19(23-16)24-22-10-14-5-3-4-6-17(14)25-18(20)21/h3-11,18H,1-2H3,(H,23,24)/b22-10+. The van der Waals surface area contributed by atoms with E-state index in [0.717, 1.165) is 16.8 Å². The van der Waals surface area contributed by atoms with Gasteiger partial charge in [0, 0.05) is 16.5 Å². The predicted molar refractivity (Wildman–Crippen MR) is 101 cm³/mol. The summed E-state index contributed by atoms with van der Waals surface area (Å²) in [7, 11) is 0. The SMILES string of the molecule is Cc1ccc(-c2csc(N/N=C/c3ccccc3OC(F)F)n2)c(C)c1. The van der Waals surface area contributed by atoms with E-state index in [0.29, 0.717) is 10.7 Å². The molecule has 0 fully saturated rings. The van der Waals surface area contributed by atoms with Crippen LogP contribution in [0, 0.1) is 13.8 Å². The molecular formula is C19H17F2N3OS. The fourth-order valence-corrected chi connectivity index (χ4v) is 3.16. The number of nitrogens with one attached hydrogen (secondary N) is 1. The van der Waals surface area contributed by atoms with E-state index < -0.39 is 6.61 Å². The average molecular weight is 373 g/mol. The first kappa shape index (κ1) is 18.0. The Kier molecular flexibility index (Phi) is 5.58. The molecular weight excluding hydrogens is 356 g/mol. The second-order valence-electron chi connectivity index (χ2n) is 5.64. The third kappa shape index (κ3) is 4.43. The van der Waals surface area contributed by atoms with Gasteiger partial charge >= 0.3 is 6.61 Å². The number of para-hydroxylation sites is 1. The van der Waals surface area contributed by atoms with Crippen molar-refractivity contribution in [3.8, 4) is 17.0 Å². The van der Waals surface area contributed by atoms with E-state index in [-0.39, 0.29) is 5.75 Å². The van der Waals surface area contributed by atoms with Crippen LogP contribution in [0.25, 0.3) is 11.3 Å². The zero-order valence-electron chi connectivity index (χ0n) is 14.2. The maximum absolute atomic E-state index is 12.4. The van der Waals surface area contributed by atoms with E-state index in [1.165, 1.54) is 29.2 Å². The number of ether oxygens (including phenoxy) is 1. The van der Waals surface area contributed by atoms with E-state index in [2.05, 4.69) is 33.2 Å². The molecule has 0 saturated carbocycles. The number of halogens is 2. The van der Waals surface area contributed by atoms with Crippen molar-refractivity contribution in [3.63, 3.8) is 0 Å². The molecule has 4 nitrogen and oxygen atoms in total. The fraction of sp³-hybridized carbons (Fsp3) is 0.158. The Morgan fingerprint density at radius 2 is 2.00 bits per heavy atom. The maximum Gasteiger partial charge on any atom is 0.387 e. The first-order chi connectivity index (χ1) is 12.5. The second kappa shape index (κ2) is 8.05. The van der Waals surface area contributed by atoms with Crippen molar-refractivity contribution >= 4 is 22.7 Å². The third-order valence-corrected chi connectivity index (χ3v) is 4.41. The number of anilines is 1. The van der Waals surface area contributed by atoms with Gasteiger partial charge < -0.3 is 4.74 Å². The highest BCUT2D eigenvalue weighted by atomic mass is 32.1. The summed E-state index contributed by atoms with van der Waals surface area (Å²) in [6.07, 6.45) is 1.43. The normalized spacial score (nSPS) is 11.3. The molecule has 1 heterocycles. The number of nitrogens with zero attached hydrogens (tertiary/aromatic N) is 2. The molecule has 26 heavy (non-hydrogen) atoms. The first-order valence-corrected chi connectivity index (χ1v) is 8.77. The molecule has 2 aromatic carbocycles. The lowest BCUT2D eigenvalue weighted by atomic mass is 10.0. The monoisotopic (exact) mass is 373 g/mol. The average Bonchev–Trinajstić information content (AvgIpc) is 3.04. The molecule has 0 atom stereocenters. The largest absolute Gasteiger partial charge is 0.434 e. The van der Waals surface area contributed by atoms with Gasteiger partial charge in [-0.2, -0.15) is 13.9 Å². The van der Waals surface area contributed by atoms with Crippen LogP contribution in [0.4, 0.5) is 13.9 Å². The minimum atomic E-state index is -2.88. The lowest BCUT2D eigenvalue weighted by Gasteiger charge is -2.06. The molecule has 0 aliphatic rings. The topological polar surface area (TPSA) is 46.5 Å². The number of thiazole rings is 1. The Bertz CT molecular complexity index is 925. The van der Waals surface area contributed by atoms with Crippen molar-refractivity contribution in [3.05, 3.63) is 64.5 Å². The van der Waals surface area contributed by atoms with Crippen molar-refractivity contribution in [2.24, 2.45) is 5.10 Å². The lowest BCUT2D eigenvalue weighted by Crippen LogP contribution is -2.04. The van der Waals surface area contributed by atoms with Crippen LogP contribution in [0.15, 0.2) is 52.9 Å². The van der Waals surface area contributed by atoms with Crippen LogP contribution in [0.1, 0.15) is 16.7 Å². The van der Waals surface area contributed by atoms with Crippen molar-refractivity contribution in [2.45, 2.75) is 20.5 Å². The number of benzene rings is 2. The zero-order valence-corrected chi connectivity index (χ0v) is 15.1. The molecule has 134 valence electrons. The highest BCUT2D eigenvalue weighted by molar-refractivity contribution is 7.14. The minimum Gasteiger partial charge on any atom is -0.434 e. The Balaban J connectivity index is 1.72. The molecule has 3 aromatic rings. The molecule has 1 aromatic heterocycles. The molecule has 3 rings (SSSR count). The third-order valence-electron chi connectivity index (χ3n) is 3.66. The molecule has 0 aliphatic carbocycles. The quantitative estimate of drug-likeness (QED) is 0.460. The van der Waals surface area contributed by atoms with Gasteiger partial charge in [-0.25, -0.2) is 4.98 Å². The molecule has 0 spiro atoms. The highest BCUT2D eigenvalue weighted by Gasteiger charge is 2.08. The number of aromatic nitrogens is 1. The van der Waals surface area contributed by atoms with Gasteiger partial charge in [-0.05, 0) is 31.5 Å². The summed E-state index contributed by atoms with van der Waals surface area (Å²) in [6, 6.07) is 12.7. The van der Waals surface area contributed by atoms with E-state index >= 15 is 0 Å². The van der Waals surface area contributed by atoms with Crippen LogP contribution >= 0.6 is 11.3 Å². The Morgan fingerprint density at radius 1 is 1.19 bits per heavy atom. The molecule has 1 N–H and O–H groups in total. The summed E-state index contributed by atoms with van der Waals surface area (Å²) in [5.74, 6) is 0.0724. The Hall–Kier alpha value is -2.80. The van der Waals surface area contributed by atoms with Gasteiger partial charge in [0.2, 0.25) is 5.13 Å². The summed E-state index contributed by atoms with van der Waals surface area (Å²) in [6.45, 7) is 1.22. The Morgan fingerprint density at radius 3 is 2.77 bits per heavy atom. The molecule has 0 aliphatic heterocycles. The van der Waals surface area contributed by atoms with Gasteiger partial charge in [-0.3, -0.25) is 5.43 Å². The summed E-state index contributed by atoms with van der Waals surface area (Å²) in [5, 5.41) is 6.63. The summed E-state index contributed by atoms with van der Waals surface area (Å²) < 4.78 is 29.3. The van der Waals surface area contributed by atoms with Crippen LogP contribution in [0.3, 0.4) is 0 Å². The number of aryl methyl sites for hydroxylation is 2.